The monoisotopic (exact) mass is 264 g/mol. The van der Waals surface area contributed by atoms with Gasteiger partial charge < -0.3 is 19.7 Å². The van der Waals surface area contributed by atoms with Gasteiger partial charge in [0.25, 0.3) is 0 Å². The number of nitrogens with zero attached hydrogens (tertiary/aromatic N) is 1. The minimum Gasteiger partial charge on any atom is -0.496 e. The summed E-state index contributed by atoms with van der Waals surface area (Å²) in [4.78, 5) is 2.28. The number of morpholine rings is 1. The van der Waals surface area contributed by atoms with E-state index < -0.39 is 0 Å². The first-order valence-electron chi connectivity index (χ1n) is 6.87. The molecule has 0 amide bonds. The van der Waals surface area contributed by atoms with E-state index in [-0.39, 0.29) is 0 Å². The lowest BCUT2D eigenvalue weighted by atomic mass is 10.1. The lowest BCUT2D eigenvalue weighted by molar-refractivity contribution is 0.0749. The molecular weight excluding hydrogens is 240 g/mol. The minimum absolute atomic E-state index is 0.482. The Bertz CT molecular complexity index is 403. The average Bonchev–Trinajstić information content (AvgIpc) is 2.45. The van der Waals surface area contributed by atoms with Gasteiger partial charge in [-0.15, -0.1) is 0 Å². The number of aryl methyl sites for hydroxylation is 1. The molecule has 1 aliphatic rings. The maximum absolute atomic E-state index is 5.47. The molecule has 1 aliphatic heterocycles. The van der Waals surface area contributed by atoms with Crippen LogP contribution < -0.4 is 15.0 Å². The first-order valence-corrected chi connectivity index (χ1v) is 6.87. The van der Waals surface area contributed by atoms with Crippen LogP contribution in [0.25, 0.3) is 0 Å². The highest BCUT2D eigenvalue weighted by Crippen LogP contribution is 2.23. The second-order valence-corrected chi connectivity index (χ2v) is 5.09. The van der Waals surface area contributed by atoms with Crippen molar-refractivity contribution in [1.29, 1.82) is 0 Å². The predicted octanol–water partition coefficient (Wildman–Crippen LogP) is 1.82. The second kappa shape index (κ2) is 6.78. The number of rotatable bonds is 5. The van der Waals surface area contributed by atoms with Gasteiger partial charge in [-0.05, 0) is 37.1 Å². The van der Waals surface area contributed by atoms with Crippen LogP contribution in [0.5, 0.6) is 5.75 Å². The molecule has 1 aromatic carbocycles. The number of ether oxygens (including phenoxy) is 2. The molecule has 1 unspecified atom stereocenters. The van der Waals surface area contributed by atoms with Gasteiger partial charge in [0.1, 0.15) is 5.75 Å². The normalized spacial score (nSPS) is 19.2. The molecule has 4 nitrogen and oxygen atoms in total. The van der Waals surface area contributed by atoms with E-state index in [1.807, 2.05) is 6.07 Å². The van der Waals surface area contributed by atoms with Gasteiger partial charge in [-0.25, -0.2) is 0 Å². The summed E-state index contributed by atoms with van der Waals surface area (Å²) in [5.41, 5.74) is 2.40. The molecule has 4 heteroatoms. The highest BCUT2D eigenvalue weighted by Gasteiger charge is 2.13. The van der Waals surface area contributed by atoms with E-state index >= 15 is 0 Å². The van der Waals surface area contributed by atoms with E-state index in [1.54, 1.807) is 7.11 Å². The Morgan fingerprint density at radius 3 is 2.95 bits per heavy atom. The number of methoxy groups -OCH3 is 1. The maximum atomic E-state index is 5.47. The van der Waals surface area contributed by atoms with Crippen molar-refractivity contribution in [1.82, 2.24) is 5.32 Å². The Hall–Kier alpha value is -1.26. The molecule has 0 aliphatic carbocycles. The molecule has 2 rings (SSSR count). The van der Waals surface area contributed by atoms with Crippen molar-refractivity contribution in [3.05, 3.63) is 23.8 Å². The average molecular weight is 264 g/mol. The van der Waals surface area contributed by atoms with Gasteiger partial charge in [-0.1, -0.05) is 0 Å². The van der Waals surface area contributed by atoms with Crippen molar-refractivity contribution in [2.75, 3.05) is 45.4 Å². The van der Waals surface area contributed by atoms with Crippen LogP contribution in [0.15, 0.2) is 18.2 Å². The zero-order valence-electron chi connectivity index (χ0n) is 12.1. The molecule has 0 aromatic heterocycles. The molecule has 1 N–H and O–H groups in total. The highest BCUT2D eigenvalue weighted by molar-refractivity contribution is 5.52. The third-order valence-electron chi connectivity index (χ3n) is 3.63. The fourth-order valence-electron chi connectivity index (χ4n) is 2.38. The van der Waals surface area contributed by atoms with E-state index in [2.05, 4.69) is 36.3 Å². The summed E-state index contributed by atoms with van der Waals surface area (Å²) >= 11 is 0. The van der Waals surface area contributed by atoms with Gasteiger partial charge in [-0.3, -0.25) is 0 Å². The number of hydrogen-bond donors (Lipinski definition) is 1. The molecule has 0 bridgehead atoms. The van der Waals surface area contributed by atoms with Crippen molar-refractivity contribution in [2.45, 2.75) is 19.4 Å². The molecule has 0 radical (unpaired) electrons. The summed E-state index contributed by atoms with van der Waals surface area (Å²) in [6.45, 7) is 5.73. The van der Waals surface area contributed by atoms with E-state index in [4.69, 9.17) is 9.47 Å². The summed E-state index contributed by atoms with van der Waals surface area (Å²) in [5, 5.41) is 3.48. The first kappa shape index (κ1) is 14.2. The molecular formula is C15H24N2O2. The Balaban J connectivity index is 1.88. The third kappa shape index (κ3) is 3.85. The minimum atomic E-state index is 0.482. The molecule has 106 valence electrons. The fraction of sp³-hybridized carbons (Fsp3) is 0.600. The Kier molecular flexibility index (Phi) is 5.05. The molecule has 1 saturated heterocycles. The predicted molar refractivity (Wildman–Crippen MR) is 78.2 cm³/mol. The number of benzene rings is 1. The van der Waals surface area contributed by atoms with Crippen LogP contribution in [0.4, 0.5) is 5.69 Å². The Morgan fingerprint density at radius 1 is 1.47 bits per heavy atom. The lowest BCUT2D eigenvalue weighted by Gasteiger charge is -2.27. The van der Waals surface area contributed by atoms with Crippen LogP contribution in [0.1, 0.15) is 12.0 Å². The molecule has 0 saturated carbocycles. The van der Waals surface area contributed by atoms with E-state index in [9.17, 15) is 0 Å². The quantitative estimate of drug-likeness (QED) is 0.879. The van der Waals surface area contributed by atoms with Gasteiger partial charge >= 0.3 is 0 Å². The van der Waals surface area contributed by atoms with Crippen LogP contribution in [-0.4, -0.2) is 46.5 Å². The second-order valence-electron chi connectivity index (χ2n) is 5.09. The summed E-state index contributed by atoms with van der Waals surface area (Å²) in [5.74, 6) is 0.944. The van der Waals surface area contributed by atoms with Gasteiger partial charge in [0.05, 0.1) is 20.3 Å². The largest absolute Gasteiger partial charge is 0.496 e. The molecule has 1 atom stereocenters. The van der Waals surface area contributed by atoms with Crippen molar-refractivity contribution < 1.29 is 9.47 Å². The smallest absolute Gasteiger partial charge is 0.121 e. The third-order valence-corrected chi connectivity index (χ3v) is 3.63. The molecule has 19 heavy (non-hydrogen) atoms. The summed E-state index contributed by atoms with van der Waals surface area (Å²) in [7, 11) is 3.84. The SMILES string of the molecule is COc1ccc(N(C)CCC2COCCN2)cc1C. The lowest BCUT2D eigenvalue weighted by Crippen LogP contribution is -2.42. The van der Waals surface area contributed by atoms with Crippen LogP contribution in [0, 0.1) is 6.92 Å². The number of anilines is 1. The summed E-state index contributed by atoms with van der Waals surface area (Å²) < 4.78 is 10.8. The van der Waals surface area contributed by atoms with Crippen LogP contribution in [0.3, 0.4) is 0 Å². The number of nitrogens with one attached hydrogen (secondary N) is 1. The fourth-order valence-corrected chi connectivity index (χ4v) is 2.38. The molecule has 0 spiro atoms. The van der Waals surface area contributed by atoms with E-state index in [1.165, 1.54) is 11.3 Å². The standard InChI is InChI=1S/C15H24N2O2/c1-12-10-14(4-5-15(12)18-3)17(2)8-6-13-11-19-9-7-16-13/h4-5,10,13,16H,6-9,11H2,1-3H3. The molecule has 1 heterocycles. The van der Waals surface area contributed by atoms with Crippen LogP contribution in [-0.2, 0) is 4.74 Å². The van der Waals surface area contributed by atoms with Gasteiger partial charge in [0.2, 0.25) is 0 Å². The molecule has 1 aromatic rings. The maximum Gasteiger partial charge on any atom is 0.121 e. The van der Waals surface area contributed by atoms with Gasteiger partial charge in [-0.2, -0.15) is 0 Å². The van der Waals surface area contributed by atoms with Gasteiger partial charge in [0, 0.05) is 31.9 Å². The van der Waals surface area contributed by atoms with E-state index in [0.717, 1.165) is 38.5 Å². The Labute approximate surface area is 115 Å². The molecule has 1 fully saturated rings. The number of hydrogen-bond acceptors (Lipinski definition) is 4. The zero-order valence-corrected chi connectivity index (χ0v) is 12.1. The summed E-state index contributed by atoms with van der Waals surface area (Å²) in [6.07, 6.45) is 1.10. The summed E-state index contributed by atoms with van der Waals surface area (Å²) in [6, 6.07) is 6.79. The van der Waals surface area contributed by atoms with Crippen molar-refractivity contribution in [3.8, 4) is 5.75 Å². The first-order chi connectivity index (χ1) is 9.20. The van der Waals surface area contributed by atoms with Crippen molar-refractivity contribution in [2.24, 2.45) is 0 Å². The van der Waals surface area contributed by atoms with E-state index in [0.29, 0.717) is 6.04 Å². The zero-order chi connectivity index (χ0) is 13.7. The topological polar surface area (TPSA) is 33.7 Å². The van der Waals surface area contributed by atoms with Crippen LogP contribution in [0.2, 0.25) is 0 Å². The Morgan fingerprint density at radius 2 is 2.32 bits per heavy atom. The van der Waals surface area contributed by atoms with Gasteiger partial charge in [0.15, 0.2) is 0 Å². The van der Waals surface area contributed by atoms with Crippen molar-refractivity contribution >= 4 is 5.69 Å². The van der Waals surface area contributed by atoms with Crippen molar-refractivity contribution in [3.63, 3.8) is 0 Å². The highest BCUT2D eigenvalue weighted by atomic mass is 16.5. The van der Waals surface area contributed by atoms with Crippen LogP contribution >= 0.6 is 0 Å².